The highest BCUT2D eigenvalue weighted by atomic mass is 16.5. The van der Waals surface area contributed by atoms with E-state index in [4.69, 9.17) is 9.72 Å². The highest BCUT2D eigenvalue weighted by Gasteiger charge is 2.16. The van der Waals surface area contributed by atoms with Crippen molar-refractivity contribution in [3.63, 3.8) is 0 Å². The van der Waals surface area contributed by atoms with Crippen molar-refractivity contribution < 1.29 is 4.74 Å². The Kier molecular flexibility index (Phi) is 3.31. The predicted molar refractivity (Wildman–Crippen MR) is 91.9 cm³/mol. The summed E-state index contributed by atoms with van der Waals surface area (Å²) in [4.78, 5) is 4.78. The van der Waals surface area contributed by atoms with Gasteiger partial charge in [-0.25, -0.2) is 4.98 Å². The number of fused-ring (bicyclic) bond motifs is 1. The number of rotatable bonds is 3. The zero-order valence-electron chi connectivity index (χ0n) is 12.8. The third-order valence-electron chi connectivity index (χ3n) is 3.74. The summed E-state index contributed by atoms with van der Waals surface area (Å²) in [5.74, 6) is 1.53. The first-order valence-corrected chi connectivity index (χ1v) is 7.58. The van der Waals surface area contributed by atoms with Crippen molar-refractivity contribution in [3.8, 4) is 22.9 Å². The molecule has 3 nitrogen and oxygen atoms in total. The van der Waals surface area contributed by atoms with Gasteiger partial charge in [0, 0.05) is 11.8 Å². The summed E-state index contributed by atoms with van der Waals surface area (Å²) in [6.45, 7) is 2.06. The minimum Gasteiger partial charge on any atom is -0.438 e. The molecule has 4 aromatic rings. The van der Waals surface area contributed by atoms with Gasteiger partial charge in [0.05, 0.1) is 0 Å². The van der Waals surface area contributed by atoms with Gasteiger partial charge >= 0.3 is 0 Å². The summed E-state index contributed by atoms with van der Waals surface area (Å²) in [6.07, 6.45) is 2.00. The lowest BCUT2D eigenvalue weighted by Gasteiger charge is -2.07. The topological polar surface area (TPSA) is 26.5 Å². The summed E-state index contributed by atoms with van der Waals surface area (Å²) in [5.41, 5.74) is 3.95. The van der Waals surface area contributed by atoms with Gasteiger partial charge in [0.25, 0.3) is 0 Å². The molecule has 112 valence electrons. The fourth-order valence-corrected chi connectivity index (χ4v) is 2.61. The minimum atomic E-state index is 0.734. The van der Waals surface area contributed by atoms with Gasteiger partial charge in [0.1, 0.15) is 17.1 Å². The zero-order chi connectivity index (χ0) is 15.6. The van der Waals surface area contributed by atoms with Crippen molar-refractivity contribution in [1.82, 2.24) is 9.38 Å². The molecular formula is C20H16N2O. The number of hydrogen-bond donors (Lipinski definition) is 0. The smallest absolute Gasteiger partial charge is 0.232 e. The fraction of sp³-hybridized carbons (Fsp3) is 0.0500. The normalized spacial score (nSPS) is 10.8. The Morgan fingerprint density at radius 3 is 2.30 bits per heavy atom. The number of ether oxygens (including phenoxy) is 1. The predicted octanol–water partition coefficient (Wildman–Crippen LogP) is 5.10. The molecule has 0 bridgehead atoms. The molecule has 3 heteroatoms. The Bertz CT molecular complexity index is 943. The van der Waals surface area contributed by atoms with E-state index in [-0.39, 0.29) is 0 Å². The molecule has 0 atom stereocenters. The molecule has 0 N–H and O–H groups in total. The molecule has 0 saturated carbocycles. The summed E-state index contributed by atoms with van der Waals surface area (Å²) >= 11 is 0. The van der Waals surface area contributed by atoms with Gasteiger partial charge < -0.3 is 4.74 Å². The first-order chi connectivity index (χ1) is 11.3. The third-order valence-corrected chi connectivity index (χ3v) is 3.74. The Labute approximate surface area is 134 Å². The Balaban J connectivity index is 1.92. The molecule has 0 aliphatic carbocycles. The summed E-state index contributed by atoms with van der Waals surface area (Å²) in [5, 5.41) is 0. The monoisotopic (exact) mass is 300 g/mol. The van der Waals surface area contributed by atoms with E-state index < -0.39 is 0 Å². The molecule has 2 aromatic heterocycles. The van der Waals surface area contributed by atoms with E-state index in [0.29, 0.717) is 0 Å². The van der Waals surface area contributed by atoms with Crippen LogP contribution in [0, 0.1) is 6.92 Å². The second-order valence-electron chi connectivity index (χ2n) is 5.48. The second-order valence-corrected chi connectivity index (χ2v) is 5.48. The SMILES string of the molecule is Cc1ccn2c(Oc3ccccc3)c(-c3ccccc3)nc2c1. The maximum Gasteiger partial charge on any atom is 0.232 e. The largest absolute Gasteiger partial charge is 0.438 e. The molecule has 0 saturated heterocycles. The standard InChI is InChI=1S/C20H16N2O/c1-15-12-13-22-18(14-15)21-19(16-8-4-2-5-9-16)20(22)23-17-10-6-3-7-11-17/h2-14H,1H3. The van der Waals surface area contributed by atoms with E-state index >= 15 is 0 Å². The molecule has 0 spiro atoms. The highest BCUT2D eigenvalue weighted by Crippen LogP contribution is 2.34. The number of aromatic nitrogens is 2. The van der Waals surface area contributed by atoms with Crippen LogP contribution >= 0.6 is 0 Å². The molecule has 0 amide bonds. The number of pyridine rings is 1. The van der Waals surface area contributed by atoms with Gasteiger partial charge in [0.15, 0.2) is 0 Å². The van der Waals surface area contributed by atoms with E-state index in [2.05, 4.69) is 19.1 Å². The van der Waals surface area contributed by atoms with Gasteiger partial charge in [-0.2, -0.15) is 0 Å². The van der Waals surface area contributed by atoms with Crippen LogP contribution in [-0.2, 0) is 0 Å². The molecule has 0 fully saturated rings. The zero-order valence-corrected chi connectivity index (χ0v) is 12.8. The molecule has 0 aliphatic rings. The first kappa shape index (κ1) is 13.6. The van der Waals surface area contributed by atoms with Gasteiger partial charge in [-0.15, -0.1) is 0 Å². The van der Waals surface area contributed by atoms with Crippen LogP contribution in [0.5, 0.6) is 11.6 Å². The van der Waals surface area contributed by atoms with Crippen LogP contribution in [0.1, 0.15) is 5.56 Å². The molecule has 0 unspecified atom stereocenters. The van der Waals surface area contributed by atoms with E-state index in [0.717, 1.165) is 28.5 Å². The minimum absolute atomic E-state index is 0.734. The molecule has 23 heavy (non-hydrogen) atoms. The van der Waals surface area contributed by atoms with E-state index in [1.165, 1.54) is 5.56 Å². The van der Waals surface area contributed by atoms with Crippen molar-refractivity contribution in [2.75, 3.05) is 0 Å². The van der Waals surface area contributed by atoms with Gasteiger partial charge in [-0.3, -0.25) is 4.40 Å². The summed E-state index contributed by atoms with van der Waals surface area (Å²) in [7, 11) is 0. The van der Waals surface area contributed by atoms with Crippen LogP contribution < -0.4 is 4.74 Å². The molecule has 0 radical (unpaired) electrons. The molecule has 4 rings (SSSR count). The summed E-state index contributed by atoms with van der Waals surface area (Å²) in [6, 6.07) is 24.0. The van der Waals surface area contributed by atoms with Crippen LogP contribution in [0.3, 0.4) is 0 Å². The number of benzene rings is 2. The quantitative estimate of drug-likeness (QED) is 0.526. The Hall–Kier alpha value is -3.07. The molecule has 0 aliphatic heterocycles. The Morgan fingerprint density at radius 2 is 1.57 bits per heavy atom. The molecule has 2 heterocycles. The van der Waals surface area contributed by atoms with Crippen LogP contribution in [0.15, 0.2) is 79.0 Å². The van der Waals surface area contributed by atoms with Crippen LogP contribution in [0.2, 0.25) is 0 Å². The van der Waals surface area contributed by atoms with Crippen molar-refractivity contribution in [2.24, 2.45) is 0 Å². The first-order valence-electron chi connectivity index (χ1n) is 7.58. The van der Waals surface area contributed by atoms with Gasteiger partial charge in [-0.05, 0) is 36.8 Å². The average molecular weight is 300 g/mol. The van der Waals surface area contributed by atoms with Crippen molar-refractivity contribution in [1.29, 1.82) is 0 Å². The highest BCUT2D eigenvalue weighted by molar-refractivity contribution is 5.70. The lowest BCUT2D eigenvalue weighted by molar-refractivity contribution is 0.460. The third kappa shape index (κ3) is 2.57. The number of nitrogens with zero attached hydrogens (tertiary/aromatic N) is 2. The fourth-order valence-electron chi connectivity index (χ4n) is 2.61. The van der Waals surface area contributed by atoms with Gasteiger partial charge in [0.2, 0.25) is 5.88 Å². The summed E-state index contributed by atoms with van der Waals surface area (Å²) < 4.78 is 8.15. The number of para-hydroxylation sites is 1. The van der Waals surface area contributed by atoms with Crippen molar-refractivity contribution in [2.45, 2.75) is 6.92 Å². The van der Waals surface area contributed by atoms with Gasteiger partial charge in [-0.1, -0.05) is 48.5 Å². The Morgan fingerprint density at radius 1 is 0.870 bits per heavy atom. The van der Waals surface area contributed by atoms with Crippen LogP contribution in [-0.4, -0.2) is 9.38 Å². The van der Waals surface area contributed by atoms with Crippen molar-refractivity contribution in [3.05, 3.63) is 84.6 Å². The lowest BCUT2D eigenvalue weighted by atomic mass is 10.2. The maximum atomic E-state index is 6.16. The average Bonchev–Trinajstić information content (AvgIpc) is 2.94. The van der Waals surface area contributed by atoms with Crippen LogP contribution in [0.4, 0.5) is 0 Å². The maximum absolute atomic E-state index is 6.16. The number of imidazole rings is 1. The molecule has 2 aromatic carbocycles. The van der Waals surface area contributed by atoms with Crippen LogP contribution in [0.25, 0.3) is 16.9 Å². The van der Waals surface area contributed by atoms with E-state index in [1.807, 2.05) is 71.3 Å². The number of hydrogen-bond acceptors (Lipinski definition) is 2. The van der Waals surface area contributed by atoms with E-state index in [1.54, 1.807) is 0 Å². The lowest BCUT2D eigenvalue weighted by Crippen LogP contribution is -1.92. The van der Waals surface area contributed by atoms with E-state index in [9.17, 15) is 0 Å². The number of aryl methyl sites for hydroxylation is 1. The van der Waals surface area contributed by atoms with Crippen molar-refractivity contribution >= 4 is 5.65 Å². The molecular weight excluding hydrogens is 284 g/mol. The second kappa shape index (κ2) is 5.61.